The molecule has 0 unspecified atom stereocenters. The molecule has 0 fully saturated rings. The highest BCUT2D eigenvalue weighted by atomic mass is 32.1. The highest BCUT2D eigenvalue weighted by molar-refractivity contribution is 7.08. The van der Waals surface area contributed by atoms with Gasteiger partial charge in [0.1, 0.15) is 17.7 Å². The molecule has 6 heteroatoms. The van der Waals surface area contributed by atoms with Gasteiger partial charge in [-0.15, -0.1) is 0 Å². The maximum Gasteiger partial charge on any atom is 0.252 e. The Morgan fingerprint density at radius 3 is 2.82 bits per heavy atom. The Labute approximate surface area is 131 Å². The molecular formula is C16H14FN3OS. The second kappa shape index (κ2) is 6.11. The number of carbonyl (C=O) groups is 1. The molecule has 0 saturated carbocycles. The van der Waals surface area contributed by atoms with Crippen molar-refractivity contribution in [1.29, 1.82) is 0 Å². The molecule has 22 heavy (non-hydrogen) atoms. The van der Waals surface area contributed by atoms with E-state index in [1.54, 1.807) is 46.6 Å². The van der Waals surface area contributed by atoms with Crippen LogP contribution in [0.2, 0.25) is 0 Å². The molecule has 2 heterocycles. The summed E-state index contributed by atoms with van der Waals surface area (Å²) in [5.41, 5.74) is 0.945. The summed E-state index contributed by atoms with van der Waals surface area (Å²) in [6.07, 6.45) is 3.39. The average Bonchev–Trinajstić information content (AvgIpc) is 3.17. The number of carbonyl (C=O) groups excluding carboxylic acids is 1. The number of aryl methyl sites for hydroxylation is 1. The summed E-state index contributed by atoms with van der Waals surface area (Å²) in [5.74, 6) is -0.0488. The molecule has 0 aliphatic rings. The van der Waals surface area contributed by atoms with Crippen molar-refractivity contribution in [2.75, 3.05) is 0 Å². The highest BCUT2D eigenvalue weighted by Crippen LogP contribution is 2.23. The van der Waals surface area contributed by atoms with E-state index >= 15 is 0 Å². The van der Waals surface area contributed by atoms with Gasteiger partial charge in [-0.05, 0) is 17.5 Å². The Kier molecular flexibility index (Phi) is 4.02. The third-order valence-corrected chi connectivity index (χ3v) is 4.07. The molecule has 0 bridgehead atoms. The Hall–Kier alpha value is -2.47. The van der Waals surface area contributed by atoms with Gasteiger partial charge in [0.25, 0.3) is 5.91 Å². The summed E-state index contributed by atoms with van der Waals surface area (Å²) in [7, 11) is 1.81. The lowest BCUT2D eigenvalue weighted by atomic mass is 10.0. The fraction of sp³-hybridized carbons (Fsp3) is 0.125. The molecule has 3 rings (SSSR count). The minimum Gasteiger partial charge on any atom is -0.338 e. The number of halogens is 1. The molecule has 1 amide bonds. The van der Waals surface area contributed by atoms with Crippen LogP contribution < -0.4 is 5.32 Å². The van der Waals surface area contributed by atoms with Gasteiger partial charge in [-0.25, -0.2) is 9.37 Å². The van der Waals surface area contributed by atoms with Crippen LogP contribution in [0.4, 0.5) is 4.39 Å². The van der Waals surface area contributed by atoms with Crippen LogP contribution >= 0.6 is 11.3 Å². The molecule has 112 valence electrons. The zero-order chi connectivity index (χ0) is 15.5. The summed E-state index contributed by atoms with van der Waals surface area (Å²) in [6.45, 7) is 0. The number of aromatic nitrogens is 2. The molecule has 1 aromatic carbocycles. The third kappa shape index (κ3) is 2.78. The molecule has 1 N–H and O–H groups in total. The second-order valence-electron chi connectivity index (χ2n) is 4.84. The number of hydrogen-bond acceptors (Lipinski definition) is 3. The molecule has 0 spiro atoms. The topological polar surface area (TPSA) is 46.9 Å². The van der Waals surface area contributed by atoms with Gasteiger partial charge in [0.15, 0.2) is 0 Å². The Balaban J connectivity index is 1.99. The zero-order valence-electron chi connectivity index (χ0n) is 11.9. The molecule has 0 aliphatic carbocycles. The highest BCUT2D eigenvalue weighted by Gasteiger charge is 2.24. The number of benzene rings is 1. The van der Waals surface area contributed by atoms with Crippen molar-refractivity contribution < 1.29 is 9.18 Å². The summed E-state index contributed by atoms with van der Waals surface area (Å²) in [4.78, 5) is 16.6. The van der Waals surface area contributed by atoms with E-state index in [2.05, 4.69) is 10.3 Å². The van der Waals surface area contributed by atoms with E-state index in [0.717, 1.165) is 0 Å². The standard InChI is InChI=1S/C16H14FN3OS/c1-20-8-7-18-15(20)14(12-4-2-3-5-13(12)17)19-16(21)11-6-9-22-10-11/h2-10,14H,1H3,(H,19,21)/t14-/m1/s1. The van der Waals surface area contributed by atoms with E-state index in [4.69, 9.17) is 0 Å². The van der Waals surface area contributed by atoms with Crippen LogP contribution in [0.5, 0.6) is 0 Å². The van der Waals surface area contributed by atoms with Gasteiger partial charge >= 0.3 is 0 Å². The third-order valence-electron chi connectivity index (χ3n) is 3.39. The first-order valence-corrected chi connectivity index (χ1v) is 7.66. The summed E-state index contributed by atoms with van der Waals surface area (Å²) in [5, 5.41) is 6.45. The van der Waals surface area contributed by atoms with Crippen molar-refractivity contribution in [3.8, 4) is 0 Å². The second-order valence-corrected chi connectivity index (χ2v) is 5.62. The van der Waals surface area contributed by atoms with E-state index in [1.165, 1.54) is 17.4 Å². The van der Waals surface area contributed by atoms with Gasteiger partial charge < -0.3 is 9.88 Å². The van der Waals surface area contributed by atoms with E-state index in [9.17, 15) is 9.18 Å². The first-order valence-electron chi connectivity index (χ1n) is 6.71. The van der Waals surface area contributed by atoms with E-state index in [0.29, 0.717) is 17.0 Å². The van der Waals surface area contributed by atoms with E-state index in [-0.39, 0.29) is 11.7 Å². The van der Waals surface area contributed by atoms with Gasteiger partial charge in [-0.1, -0.05) is 18.2 Å². The summed E-state index contributed by atoms with van der Waals surface area (Å²) in [6, 6.07) is 7.48. The van der Waals surface area contributed by atoms with Gasteiger partial charge in [0, 0.05) is 30.4 Å². The van der Waals surface area contributed by atoms with Crippen LogP contribution in [0.1, 0.15) is 27.8 Å². The van der Waals surface area contributed by atoms with Crippen LogP contribution in [-0.4, -0.2) is 15.5 Å². The van der Waals surface area contributed by atoms with Gasteiger partial charge in [-0.2, -0.15) is 11.3 Å². The number of hydrogen-bond donors (Lipinski definition) is 1. The number of thiophene rings is 1. The Morgan fingerprint density at radius 1 is 1.36 bits per heavy atom. The normalized spacial score (nSPS) is 12.1. The lowest BCUT2D eigenvalue weighted by Crippen LogP contribution is -2.31. The number of nitrogens with zero attached hydrogens (tertiary/aromatic N) is 2. The summed E-state index contributed by atoms with van der Waals surface area (Å²) < 4.78 is 15.9. The Bertz CT molecular complexity index is 782. The minimum atomic E-state index is -0.645. The fourth-order valence-electron chi connectivity index (χ4n) is 2.25. The number of rotatable bonds is 4. The van der Waals surface area contributed by atoms with Crippen molar-refractivity contribution >= 4 is 17.2 Å². The maximum atomic E-state index is 14.2. The molecule has 3 aromatic rings. The van der Waals surface area contributed by atoms with E-state index in [1.807, 2.05) is 12.4 Å². The first kappa shape index (κ1) is 14.5. The smallest absolute Gasteiger partial charge is 0.252 e. The molecular weight excluding hydrogens is 301 g/mol. The molecule has 4 nitrogen and oxygen atoms in total. The molecule has 1 atom stereocenters. The van der Waals surface area contributed by atoms with Gasteiger partial charge in [0.05, 0.1) is 5.56 Å². The van der Waals surface area contributed by atoms with Gasteiger partial charge in [0.2, 0.25) is 0 Å². The van der Waals surface area contributed by atoms with Crippen LogP contribution in [0.25, 0.3) is 0 Å². The van der Waals surface area contributed by atoms with E-state index < -0.39 is 6.04 Å². The van der Waals surface area contributed by atoms with Crippen LogP contribution in [0.15, 0.2) is 53.5 Å². The zero-order valence-corrected chi connectivity index (χ0v) is 12.7. The predicted molar refractivity (Wildman–Crippen MR) is 83.2 cm³/mol. The van der Waals surface area contributed by atoms with Crippen LogP contribution in [0, 0.1) is 5.82 Å². The van der Waals surface area contributed by atoms with Crippen LogP contribution in [-0.2, 0) is 7.05 Å². The molecule has 0 radical (unpaired) electrons. The molecule has 0 saturated heterocycles. The van der Waals surface area contributed by atoms with Crippen molar-refractivity contribution in [3.05, 3.63) is 76.3 Å². The fourth-order valence-corrected chi connectivity index (χ4v) is 2.89. The monoisotopic (exact) mass is 315 g/mol. The number of nitrogens with one attached hydrogen (secondary N) is 1. The van der Waals surface area contributed by atoms with Gasteiger partial charge in [-0.3, -0.25) is 4.79 Å². The quantitative estimate of drug-likeness (QED) is 0.804. The lowest BCUT2D eigenvalue weighted by Gasteiger charge is -2.19. The number of imidazole rings is 1. The van der Waals surface area contributed by atoms with Crippen molar-refractivity contribution in [2.45, 2.75) is 6.04 Å². The SMILES string of the molecule is Cn1ccnc1[C@H](NC(=O)c1ccsc1)c1ccccc1F. The first-order chi connectivity index (χ1) is 10.7. The van der Waals surface area contributed by atoms with Crippen molar-refractivity contribution in [1.82, 2.24) is 14.9 Å². The minimum absolute atomic E-state index is 0.252. The maximum absolute atomic E-state index is 14.2. The Morgan fingerprint density at radius 2 is 2.18 bits per heavy atom. The largest absolute Gasteiger partial charge is 0.338 e. The molecule has 0 aliphatic heterocycles. The summed E-state index contributed by atoms with van der Waals surface area (Å²) >= 11 is 1.44. The lowest BCUT2D eigenvalue weighted by molar-refractivity contribution is 0.0941. The number of amides is 1. The molecule has 2 aromatic heterocycles. The average molecular weight is 315 g/mol. The van der Waals surface area contributed by atoms with Crippen molar-refractivity contribution in [3.63, 3.8) is 0 Å². The van der Waals surface area contributed by atoms with Crippen molar-refractivity contribution in [2.24, 2.45) is 7.05 Å². The predicted octanol–water partition coefficient (Wildman–Crippen LogP) is 3.14. The van der Waals surface area contributed by atoms with Crippen LogP contribution in [0.3, 0.4) is 0 Å².